The first-order valence-corrected chi connectivity index (χ1v) is 50.3. The summed E-state index contributed by atoms with van der Waals surface area (Å²) >= 11 is 0. The molecule has 8 aliphatic heterocycles. The maximum Gasteiger partial charge on any atom is 0.0716 e. The molecule has 8 heteroatoms. The average Bonchev–Trinajstić information content (AvgIpc) is 1.36. The van der Waals surface area contributed by atoms with Crippen LogP contribution in [-0.4, -0.2) is 19.9 Å². The van der Waals surface area contributed by atoms with E-state index >= 15 is 0 Å². The number of pyridine rings is 4. The number of aromatic nitrogens is 4. The van der Waals surface area contributed by atoms with E-state index in [1.807, 2.05) is 12.4 Å². The summed E-state index contributed by atoms with van der Waals surface area (Å²) in [5, 5.41) is 0. The van der Waals surface area contributed by atoms with Crippen LogP contribution in [0.5, 0.6) is 0 Å². The van der Waals surface area contributed by atoms with Crippen LogP contribution < -0.4 is 19.6 Å². The topological polar surface area (TPSA) is 64.5 Å². The van der Waals surface area contributed by atoms with Crippen LogP contribution in [0, 0.1) is 0 Å². The Morgan fingerprint density at radius 2 is 0.407 bits per heavy atom. The molecule has 0 saturated carbocycles. The monoisotopic (exact) mass is 1780 g/mol. The Kier molecular flexibility index (Phi) is 15.6. The molecule has 16 aliphatic rings. The van der Waals surface area contributed by atoms with E-state index in [-0.39, 0.29) is 0 Å². The molecule has 4 aromatic heterocycles. The third kappa shape index (κ3) is 10.7. The Morgan fingerprint density at radius 3 is 0.814 bits per heavy atom. The largest absolute Gasteiger partial charge is 0.309 e. The predicted molar refractivity (Wildman–Crippen MR) is 564 cm³/mol. The van der Waals surface area contributed by atoms with Gasteiger partial charge in [-0.25, -0.2) is 0 Å². The molecule has 8 aliphatic carbocycles. The summed E-state index contributed by atoms with van der Waals surface area (Å²) in [6.07, 6.45) is 28.1. The number of nitrogens with zero attached hydrogens (tertiary/aromatic N) is 8. The minimum atomic E-state index is 0.905. The fraction of sp³-hybridized carbons (Fsp3) is 0.121. The van der Waals surface area contributed by atoms with Crippen molar-refractivity contribution in [3.8, 4) is 89.0 Å². The van der Waals surface area contributed by atoms with E-state index < -0.39 is 0 Å². The minimum Gasteiger partial charge on any atom is -0.309 e. The lowest BCUT2D eigenvalue weighted by Gasteiger charge is -2.41. The number of rotatable bonds is 0. The molecule has 8 nitrogen and oxygen atoms in total. The van der Waals surface area contributed by atoms with Crippen molar-refractivity contribution in [3.05, 3.63) is 519 Å². The summed E-state index contributed by atoms with van der Waals surface area (Å²) in [4.78, 5) is 29.5. The summed E-state index contributed by atoms with van der Waals surface area (Å²) in [5.74, 6) is 0. The van der Waals surface area contributed by atoms with E-state index in [1.165, 1.54) is 336 Å². The van der Waals surface area contributed by atoms with Gasteiger partial charge in [-0.2, -0.15) is 0 Å². The van der Waals surface area contributed by atoms with Gasteiger partial charge in [0, 0.05) is 114 Å². The molecule has 0 saturated heterocycles. The Bertz CT molecular complexity index is 8360. The van der Waals surface area contributed by atoms with Gasteiger partial charge in [-0.15, -0.1) is 0 Å². The van der Waals surface area contributed by atoms with E-state index in [0.717, 1.165) is 103 Å². The molecule has 0 N–H and O–H groups in total. The van der Waals surface area contributed by atoms with Gasteiger partial charge in [-0.1, -0.05) is 267 Å². The van der Waals surface area contributed by atoms with Gasteiger partial charge in [-0.05, 0) is 318 Å². The molecule has 0 unspecified atom stereocenters. The first-order valence-electron chi connectivity index (χ1n) is 50.3. The number of hydrogen-bond donors (Lipinski definition) is 0. The molecule has 0 spiro atoms. The first-order chi connectivity index (χ1) is 69.4. The van der Waals surface area contributed by atoms with Gasteiger partial charge >= 0.3 is 0 Å². The van der Waals surface area contributed by atoms with Gasteiger partial charge in [-0.3, -0.25) is 19.9 Å². The summed E-state index contributed by atoms with van der Waals surface area (Å²) in [6.45, 7) is 0. The zero-order valence-electron chi connectivity index (χ0n) is 77.2. The summed E-state index contributed by atoms with van der Waals surface area (Å²) in [6, 6.07) is 114. The molecule has 0 atom stereocenters. The van der Waals surface area contributed by atoms with E-state index in [9.17, 15) is 0 Å². The summed E-state index contributed by atoms with van der Waals surface area (Å²) in [5.41, 5.74) is 84.2. The van der Waals surface area contributed by atoms with Gasteiger partial charge in [0.15, 0.2) is 0 Å². The van der Waals surface area contributed by atoms with Crippen LogP contribution in [0.25, 0.3) is 89.0 Å². The van der Waals surface area contributed by atoms with E-state index in [1.54, 1.807) is 0 Å². The second kappa shape index (κ2) is 28.5. The highest BCUT2D eigenvalue weighted by molar-refractivity contribution is 6.04. The van der Waals surface area contributed by atoms with Crippen molar-refractivity contribution in [1.29, 1.82) is 0 Å². The van der Waals surface area contributed by atoms with Crippen LogP contribution in [0.2, 0.25) is 0 Å². The molecule has 16 aromatic carbocycles. The van der Waals surface area contributed by atoms with Crippen LogP contribution in [0.1, 0.15) is 178 Å². The third-order valence-corrected chi connectivity index (χ3v) is 34.3. The number of benzene rings is 16. The molecule has 656 valence electrons. The quantitative estimate of drug-likeness (QED) is 0.149. The molecule has 0 radical (unpaired) electrons. The molecular formula is C132H88N8. The molecule has 36 rings (SSSR count). The summed E-state index contributed by atoms with van der Waals surface area (Å²) < 4.78 is 0. The molecule has 12 heterocycles. The smallest absolute Gasteiger partial charge is 0.0716 e. The van der Waals surface area contributed by atoms with Crippen molar-refractivity contribution in [1.82, 2.24) is 19.9 Å². The average molecular weight is 1790 g/mol. The van der Waals surface area contributed by atoms with Crippen LogP contribution in [0.3, 0.4) is 0 Å². The highest BCUT2D eigenvalue weighted by atomic mass is 15.2. The third-order valence-electron chi connectivity index (χ3n) is 34.3. The Labute approximate surface area is 812 Å². The van der Waals surface area contributed by atoms with Gasteiger partial charge in [0.05, 0.1) is 79.6 Å². The Morgan fingerprint density at radius 1 is 0.150 bits per heavy atom. The van der Waals surface area contributed by atoms with Crippen LogP contribution in [0.15, 0.2) is 340 Å². The number of hydrogen-bond acceptors (Lipinski definition) is 8. The fourth-order valence-corrected chi connectivity index (χ4v) is 28.5. The van der Waals surface area contributed by atoms with E-state index in [2.05, 4.69) is 353 Å². The Balaban J connectivity index is 0.0000000829. The van der Waals surface area contributed by atoms with Crippen molar-refractivity contribution < 1.29 is 0 Å². The Hall–Kier alpha value is -16.7. The zero-order chi connectivity index (χ0) is 90.7. The highest BCUT2D eigenvalue weighted by Gasteiger charge is 2.45. The number of anilines is 12. The van der Waals surface area contributed by atoms with Gasteiger partial charge in [0.25, 0.3) is 0 Å². The predicted octanol–water partition coefficient (Wildman–Crippen LogP) is 30.0. The lowest BCUT2D eigenvalue weighted by Crippen LogP contribution is -2.27. The van der Waals surface area contributed by atoms with Gasteiger partial charge in [0.1, 0.15) is 0 Å². The first kappa shape index (κ1) is 76.5. The molecule has 0 amide bonds. The van der Waals surface area contributed by atoms with Gasteiger partial charge in [0.2, 0.25) is 0 Å². The molecule has 0 bridgehead atoms. The van der Waals surface area contributed by atoms with E-state index in [0.29, 0.717) is 0 Å². The van der Waals surface area contributed by atoms with E-state index in [4.69, 9.17) is 15.0 Å². The van der Waals surface area contributed by atoms with Crippen molar-refractivity contribution in [2.75, 3.05) is 19.6 Å². The van der Waals surface area contributed by atoms with Crippen molar-refractivity contribution in [2.45, 2.75) is 103 Å². The second-order valence-corrected chi connectivity index (χ2v) is 41.4. The van der Waals surface area contributed by atoms with Crippen LogP contribution in [-0.2, 0) is 103 Å². The SMILES string of the molecule is c1ccc2c(c1)Cc1c-2ccc2c1N1c3ccc4c(c3Cc3ccnc(c31)C2)-c1ccccc1C4.c1ccc2c(c1)Cc1c-2ccc2c1N1c3ccc4c(c3Cc3cncc(c31)C2)-c1ccccc1C4.c1ccc2c(c1)Cc1cc3c(cc1-2)N1c2c(ccnc2C3)Cc2ccc3c(c21)Cc1ccccc1-3.c1ccc2c(c1)Cc1cc3c(cc1-2)N1c2c(cncc2Cc2ccc4c(c21)Cc1ccccc1-4)C3. The van der Waals surface area contributed by atoms with Crippen molar-refractivity contribution in [2.24, 2.45) is 0 Å². The van der Waals surface area contributed by atoms with Crippen LogP contribution >= 0.6 is 0 Å². The number of fused-ring (bicyclic) bond motifs is 46. The molecule has 0 fully saturated rings. The van der Waals surface area contributed by atoms with Gasteiger partial charge < -0.3 is 19.6 Å². The standard InChI is InChI=1S/4C33H22N2/c1-4-8-27-19(5-1)11-22-13-23-14-25-18-34-17-24-12-21-9-10-28-26-7-3-2-6-20(26)15-30(28)33(21)35(32(24)25)31(23)16-29(22)27;1-4-8-26-19(5-1)13-23-15-24-17-30-33-22(11-12-34-30)14-21-9-10-27-25-7-3-2-6-20(25)16-29(27)32(21)35(33)31(24)18-28(23)26;1-3-7-25-20(6-1)15-28-27(25)11-9-22-14-23-17-34-18-24-16-29-30(35(32(23)24)33(22)28)12-10-21-13-19-5-2-4-8-26(19)31(21)29;1-3-7-24-20(6-1)16-27-26(24)11-9-22-18-29-33-23(13-14-34-29)17-28-30(35(33)32(22)27)12-10-21-15-19-5-2-4-8-25(19)31(21)28/h1-10,13,16-18H,11-12,14-15H2;1-12,15,18H,13-14,16-17H2;1-12,17-18H,13-16H2;1-14H,15-18H2. The fourth-order valence-electron chi connectivity index (χ4n) is 28.5. The zero-order valence-corrected chi connectivity index (χ0v) is 77.2. The maximum absolute atomic E-state index is 4.91. The molecular weight excluding hydrogens is 1700 g/mol. The normalized spacial score (nSPS) is 14.9. The van der Waals surface area contributed by atoms with Crippen LogP contribution in [0.4, 0.5) is 68.2 Å². The lowest BCUT2D eigenvalue weighted by molar-refractivity contribution is 0.952. The minimum absolute atomic E-state index is 0.905. The second-order valence-electron chi connectivity index (χ2n) is 41.4. The van der Waals surface area contributed by atoms with Crippen molar-refractivity contribution >= 4 is 68.2 Å². The maximum atomic E-state index is 4.91. The molecule has 20 aromatic rings. The lowest BCUT2D eigenvalue weighted by atomic mass is 9.83. The summed E-state index contributed by atoms with van der Waals surface area (Å²) in [7, 11) is 0. The highest BCUT2D eigenvalue weighted by Crippen LogP contribution is 2.64. The molecule has 140 heavy (non-hydrogen) atoms. The van der Waals surface area contributed by atoms with Crippen molar-refractivity contribution in [3.63, 3.8) is 0 Å².